The maximum absolute atomic E-state index is 5.03. The van der Waals surface area contributed by atoms with Gasteiger partial charge < -0.3 is 0 Å². The van der Waals surface area contributed by atoms with Crippen molar-refractivity contribution in [1.29, 1.82) is 0 Å². The Morgan fingerprint density at radius 1 is 0.583 bits per heavy atom. The maximum Gasteiger partial charge on any atom is 0.235 e. The van der Waals surface area contributed by atoms with Gasteiger partial charge in [-0.3, -0.25) is 4.90 Å². The van der Waals surface area contributed by atoms with Gasteiger partial charge in [-0.05, 0) is 57.3 Å². The van der Waals surface area contributed by atoms with Crippen LogP contribution in [0.1, 0.15) is 0 Å². The molecule has 0 spiro atoms. The molecule has 7 rings (SSSR count). The van der Waals surface area contributed by atoms with E-state index in [0.29, 0.717) is 5.95 Å². The van der Waals surface area contributed by atoms with Gasteiger partial charge in [0, 0.05) is 27.3 Å². The summed E-state index contributed by atoms with van der Waals surface area (Å²) in [6, 6.07) is 40.1. The molecule has 170 valence electrons. The lowest BCUT2D eigenvalue weighted by Crippen LogP contribution is -2.14. The van der Waals surface area contributed by atoms with Crippen molar-refractivity contribution in [2.45, 2.75) is 0 Å². The smallest absolute Gasteiger partial charge is 0.235 e. The van der Waals surface area contributed by atoms with Crippen molar-refractivity contribution >= 4 is 65.6 Å². The molecule has 7 aromatic rings. The molecule has 0 N–H and O–H groups in total. The van der Waals surface area contributed by atoms with E-state index in [1.165, 1.54) is 32.3 Å². The van der Waals surface area contributed by atoms with Gasteiger partial charge in [0.1, 0.15) is 0 Å². The Bertz CT molecular complexity index is 1850. The lowest BCUT2D eigenvalue weighted by molar-refractivity contribution is 1.09. The van der Waals surface area contributed by atoms with E-state index in [9.17, 15) is 0 Å². The van der Waals surface area contributed by atoms with E-state index < -0.39 is 0 Å². The Hall–Kier alpha value is -4.28. The first-order chi connectivity index (χ1) is 17.8. The molecule has 0 atom stereocenters. The van der Waals surface area contributed by atoms with Crippen molar-refractivity contribution < 1.29 is 0 Å². The first kappa shape index (κ1) is 21.0. The van der Waals surface area contributed by atoms with Crippen molar-refractivity contribution in [1.82, 2.24) is 9.97 Å². The minimum Gasteiger partial charge on any atom is -0.279 e. The fourth-order valence-electron chi connectivity index (χ4n) is 5.11. The number of aromatic nitrogens is 2. The predicted octanol–water partition coefficient (Wildman–Crippen LogP) is 9.27. The van der Waals surface area contributed by atoms with Gasteiger partial charge in [0.15, 0.2) is 0 Å². The van der Waals surface area contributed by atoms with Gasteiger partial charge in [-0.25, -0.2) is 9.97 Å². The summed E-state index contributed by atoms with van der Waals surface area (Å²) < 4.78 is 1.11. The van der Waals surface area contributed by atoms with Crippen LogP contribution in [0.5, 0.6) is 0 Å². The molecule has 0 aliphatic carbocycles. The molecule has 1 heterocycles. The summed E-state index contributed by atoms with van der Waals surface area (Å²) in [4.78, 5) is 11.9. The number of rotatable bonds is 4. The first-order valence-electron chi connectivity index (χ1n) is 11.9. The highest BCUT2D eigenvalue weighted by Gasteiger charge is 2.20. The van der Waals surface area contributed by atoms with Gasteiger partial charge in [0.05, 0.1) is 11.4 Å². The normalized spacial score (nSPS) is 11.5. The number of halogens is 1. The second kappa shape index (κ2) is 8.43. The third-order valence-corrected chi connectivity index (χ3v) is 7.45. The molecular formula is C32H20BrN3. The quantitative estimate of drug-likeness (QED) is 0.214. The van der Waals surface area contributed by atoms with Crippen molar-refractivity contribution in [3.05, 3.63) is 126 Å². The van der Waals surface area contributed by atoms with Crippen molar-refractivity contribution in [3.8, 4) is 11.3 Å². The third kappa shape index (κ3) is 3.34. The van der Waals surface area contributed by atoms with Crippen LogP contribution in [0.4, 0.5) is 17.3 Å². The van der Waals surface area contributed by atoms with Crippen LogP contribution in [0.25, 0.3) is 43.6 Å². The van der Waals surface area contributed by atoms with Gasteiger partial charge >= 0.3 is 0 Å². The van der Waals surface area contributed by atoms with Crippen molar-refractivity contribution in [2.24, 2.45) is 0 Å². The number of hydrogen-bond acceptors (Lipinski definition) is 3. The molecule has 4 heteroatoms. The molecule has 0 aliphatic heterocycles. The zero-order valence-corrected chi connectivity index (χ0v) is 20.9. The second-order valence-electron chi connectivity index (χ2n) is 8.83. The Morgan fingerprint density at radius 3 is 2.00 bits per heavy atom. The van der Waals surface area contributed by atoms with E-state index in [2.05, 4.69) is 106 Å². The molecule has 3 nitrogen and oxygen atoms in total. The molecule has 0 bridgehead atoms. The average molecular weight is 526 g/mol. The van der Waals surface area contributed by atoms with Crippen LogP contribution in [0, 0.1) is 0 Å². The summed E-state index contributed by atoms with van der Waals surface area (Å²) in [5.74, 6) is 0.638. The Morgan fingerprint density at radius 2 is 1.22 bits per heavy atom. The minimum atomic E-state index is 0.638. The van der Waals surface area contributed by atoms with E-state index in [-0.39, 0.29) is 0 Å². The van der Waals surface area contributed by atoms with Crippen LogP contribution in [-0.4, -0.2) is 9.97 Å². The molecule has 0 unspecified atom stereocenters. The molecule has 0 saturated carbocycles. The topological polar surface area (TPSA) is 29.0 Å². The summed E-state index contributed by atoms with van der Waals surface area (Å²) in [6.45, 7) is 0. The van der Waals surface area contributed by atoms with Crippen molar-refractivity contribution in [3.63, 3.8) is 0 Å². The van der Waals surface area contributed by atoms with E-state index in [4.69, 9.17) is 9.97 Å². The zero-order valence-electron chi connectivity index (χ0n) is 19.3. The summed E-state index contributed by atoms with van der Waals surface area (Å²) in [5.41, 5.74) is 4.02. The molecule has 0 aliphatic rings. The standard InChI is InChI=1S/C32H20BrN3/c33-27-17-13-22-12-16-26-29(18-14-23-11-15-25(27)30(22)31(23)26)36(24-9-5-2-6-10-24)32-34-20-19-28(35-32)21-7-3-1-4-8-21/h1-20H. The Kier molecular flexibility index (Phi) is 4.93. The minimum absolute atomic E-state index is 0.638. The molecule has 36 heavy (non-hydrogen) atoms. The van der Waals surface area contributed by atoms with E-state index in [1.54, 1.807) is 0 Å². The summed E-state index contributed by atoms with van der Waals surface area (Å²) in [6.07, 6.45) is 1.84. The second-order valence-corrected chi connectivity index (χ2v) is 9.69. The largest absolute Gasteiger partial charge is 0.279 e. The maximum atomic E-state index is 5.03. The molecule has 0 radical (unpaired) electrons. The average Bonchev–Trinajstić information content (AvgIpc) is 2.95. The van der Waals surface area contributed by atoms with E-state index in [1.807, 2.05) is 36.5 Å². The van der Waals surface area contributed by atoms with Crippen LogP contribution in [0.2, 0.25) is 0 Å². The lowest BCUT2D eigenvalue weighted by atomic mass is 9.93. The predicted molar refractivity (Wildman–Crippen MR) is 154 cm³/mol. The number of nitrogens with zero attached hydrogens (tertiary/aromatic N) is 3. The summed E-state index contributed by atoms with van der Waals surface area (Å²) in [5, 5.41) is 7.36. The fraction of sp³-hybridized carbons (Fsp3) is 0. The summed E-state index contributed by atoms with van der Waals surface area (Å²) >= 11 is 3.76. The van der Waals surface area contributed by atoms with Gasteiger partial charge in [0.25, 0.3) is 0 Å². The molecular weight excluding hydrogens is 506 g/mol. The molecule has 6 aromatic carbocycles. The van der Waals surface area contributed by atoms with Crippen LogP contribution < -0.4 is 4.90 Å². The van der Waals surface area contributed by atoms with Crippen molar-refractivity contribution in [2.75, 3.05) is 4.90 Å². The van der Waals surface area contributed by atoms with Crippen LogP contribution in [0.15, 0.2) is 126 Å². The Balaban J connectivity index is 1.52. The van der Waals surface area contributed by atoms with Crippen LogP contribution >= 0.6 is 15.9 Å². The van der Waals surface area contributed by atoms with Gasteiger partial charge in [-0.15, -0.1) is 0 Å². The number of hydrogen-bond donors (Lipinski definition) is 0. The zero-order chi connectivity index (χ0) is 24.1. The highest BCUT2D eigenvalue weighted by Crippen LogP contribution is 2.44. The molecule has 1 aromatic heterocycles. The lowest BCUT2D eigenvalue weighted by Gasteiger charge is -2.26. The van der Waals surface area contributed by atoms with Gasteiger partial charge in [-0.1, -0.05) is 101 Å². The van der Waals surface area contributed by atoms with Gasteiger partial charge in [0.2, 0.25) is 5.95 Å². The first-order valence-corrected chi connectivity index (χ1v) is 12.7. The number of benzene rings is 6. The highest BCUT2D eigenvalue weighted by molar-refractivity contribution is 9.10. The molecule has 0 fully saturated rings. The van der Waals surface area contributed by atoms with E-state index >= 15 is 0 Å². The fourth-order valence-corrected chi connectivity index (χ4v) is 5.57. The van der Waals surface area contributed by atoms with E-state index in [0.717, 1.165) is 27.1 Å². The van der Waals surface area contributed by atoms with Crippen LogP contribution in [-0.2, 0) is 0 Å². The molecule has 0 amide bonds. The van der Waals surface area contributed by atoms with Crippen LogP contribution in [0.3, 0.4) is 0 Å². The third-order valence-electron chi connectivity index (χ3n) is 6.76. The highest BCUT2D eigenvalue weighted by atomic mass is 79.9. The Labute approximate surface area is 217 Å². The van der Waals surface area contributed by atoms with Gasteiger partial charge in [-0.2, -0.15) is 0 Å². The SMILES string of the molecule is Brc1ccc2ccc3c(N(c4ccccc4)c4nccc(-c5ccccc5)n4)ccc4ccc1c2c43. The molecule has 0 saturated heterocycles. The number of anilines is 3. The summed E-state index contributed by atoms with van der Waals surface area (Å²) in [7, 11) is 0. The monoisotopic (exact) mass is 525 g/mol. The number of para-hydroxylation sites is 1.